The van der Waals surface area contributed by atoms with Gasteiger partial charge in [0, 0.05) is 43.9 Å². The molecule has 0 bridgehead atoms. The highest BCUT2D eigenvalue weighted by molar-refractivity contribution is 7.99. The fraction of sp³-hybridized carbons (Fsp3) is 0.500. The molecule has 0 spiro atoms. The fourth-order valence-electron chi connectivity index (χ4n) is 3.64. The highest BCUT2D eigenvalue weighted by Crippen LogP contribution is 2.25. The average molecular weight is 416 g/mol. The molecule has 0 atom stereocenters. The van der Waals surface area contributed by atoms with Crippen molar-refractivity contribution < 1.29 is 14.3 Å². The van der Waals surface area contributed by atoms with Gasteiger partial charge in [0.2, 0.25) is 11.9 Å². The van der Waals surface area contributed by atoms with Gasteiger partial charge in [-0.25, -0.2) is 0 Å². The number of benzene rings is 1. The summed E-state index contributed by atoms with van der Waals surface area (Å²) in [6.07, 6.45) is 1.44. The average Bonchev–Trinajstić information content (AvgIpc) is 3.38. The first kappa shape index (κ1) is 19.9. The van der Waals surface area contributed by atoms with Crippen molar-refractivity contribution in [1.29, 1.82) is 0 Å². The van der Waals surface area contributed by atoms with Crippen LogP contribution in [0.25, 0.3) is 0 Å². The first-order chi connectivity index (χ1) is 14.2. The van der Waals surface area contributed by atoms with E-state index in [0.29, 0.717) is 25.2 Å². The summed E-state index contributed by atoms with van der Waals surface area (Å²) < 4.78 is 7.45. The van der Waals surface area contributed by atoms with Crippen molar-refractivity contribution in [1.82, 2.24) is 14.8 Å². The lowest BCUT2D eigenvalue weighted by atomic mass is 10.1. The Balaban J connectivity index is 1.43. The number of carbonyl (C=O) groups is 2. The summed E-state index contributed by atoms with van der Waals surface area (Å²) in [6.45, 7) is 6.47. The van der Waals surface area contributed by atoms with E-state index in [0.717, 1.165) is 49.4 Å². The largest absolute Gasteiger partial charge is 0.378 e. The molecule has 1 aromatic heterocycles. The van der Waals surface area contributed by atoms with E-state index in [4.69, 9.17) is 4.74 Å². The van der Waals surface area contributed by atoms with Gasteiger partial charge in [-0.15, -0.1) is 10.2 Å². The van der Waals surface area contributed by atoms with Crippen molar-refractivity contribution >= 4 is 35.1 Å². The molecule has 0 unspecified atom stereocenters. The Labute approximate surface area is 174 Å². The van der Waals surface area contributed by atoms with Crippen LogP contribution in [0.15, 0.2) is 29.4 Å². The van der Waals surface area contributed by atoms with E-state index in [1.54, 1.807) is 11.0 Å². The van der Waals surface area contributed by atoms with Gasteiger partial charge in [-0.3, -0.25) is 14.2 Å². The van der Waals surface area contributed by atoms with Crippen LogP contribution >= 0.6 is 11.8 Å². The Hall–Kier alpha value is -2.39. The zero-order valence-electron chi connectivity index (χ0n) is 16.5. The van der Waals surface area contributed by atoms with Crippen LogP contribution < -0.4 is 9.80 Å². The van der Waals surface area contributed by atoms with Gasteiger partial charge in [0.1, 0.15) is 0 Å². The van der Waals surface area contributed by atoms with Gasteiger partial charge in [0.25, 0.3) is 0 Å². The van der Waals surface area contributed by atoms with Crippen LogP contribution in [-0.4, -0.2) is 65.1 Å². The van der Waals surface area contributed by atoms with Gasteiger partial charge < -0.3 is 14.5 Å². The molecule has 154 valence electrons. The second-order valence-corrected chi connectivity index (χ2v) is 7.98. The van der Waals surface area contributed by atoms with E-state index < -0.39 is 0 Å². The topological polar surface area (TPSA) is 80.6 Å². The molecule has 29 heavy (non-hydrogen) atoms. The highest BCUT2D eigenvalue weighted by atomic mass is 32.2. The number of nitrogens with zero attached hydrogens (tertiary/aromatic N) is 5. The first-order valence-corrected chi connectivity index (χ1v) is 11.0. The third-order valence-electron chi connectivity index (χ3n) is 5.19. The van der Waals surface area contributed by atoms with Crippen LogP contribution in [0.5, 0.6) is 0 Å². The van der Waals surface area contributed by atoms with Crippen LogP contribution in [0.4, 0.5) is 11.6 Å². The van der Waals surface area contributed by atoms with Crippen molar-refractivity contribution in [3.05, 3.63) is 29.8 Å². The second-order valence-electron chi connectivity index (χ2n) is 7.04. The minimum atomic E-state index is 0.0158. The predicted octanol–water partition coefficient (Wildman–Crippen LogP) is 2.24. The van der Waals surface area contributed by atoms with E-state index in [2.05, 4.69) is 22.0 Å². The van der Waals surface area contributed by atoms with E-state index in [-0.39, 0.29) is 17.4 Å². The molecule has 8 nitrogen and oxygen atoms in total. The summed E-state index contributed by atoms with van der Waals surface area (Å²) in [6, 6.07) is 7.34. The number of thioether (sulfide) groups is 1. The third kappa shape index (κ3) is 4.30. The molecule has 2 aromatic rings. The summed E-state index contributed by atoms with van der Waals surface area (Å²) in [4.78, 5) is 28.7. The summed E-state index contributed by atoms with van der Waals surface area (Å²) in [5.74, 6) is 1.25. The molecule has 0 saturated carbocycles. The van der Waals surface area contributed by atoms with Crippen LogP contribution in [0.2, 0.25) is 0 Å². The van der Waals surface area contributed by atoms with Crippen LogP contribution in [0.1, 0.15) is 30.1 Å². The van der Waals surface area contributed by atoms with Crippen molar-refractivity contribution in [3.63, 3.8) is 0 Å². The van der Waals surface area contributed by atoms with Crippen molar-refractivity contribution in [3.8, 4) is 0 Å². The van der Waals surface area contributed by atoms with E-state index >= 15 is 0 Å². The van der Waals surface area contributed by atoms with Crippen LogP contribution in [0, 0.1) is 0 Å². The number of hydrogen-bond acceptors (Lipinski definition) is 7. The van der Waals surface area contributed by atoms with Crippen molar-refractivity contribution in [2.24, 2.45) is 0 Å². The summed E-state index contributed by atoms with van der Waals surface area (Å²) >= 11 is 1.40. The van der Waals surface area contributed by atoms with Gasteiger partial charge in [-0.1, -0.05) is 23.9 Å². The van der Waals surface area contributed by atoms with Gasteiger partial charge >= 0.3 is 0 Å². The number of anilines is 2. The molecule has 1 aromatic carbocycles. The van der Waals surface area contributed by atoms with E-state index in [1.807, 2.05) is 22.8 Å². The zero-order valence-corrected chi connectivity index (χ0v) is 17.4. The number of carbonyl (C=O) groups excluding carboxylic acids is 2. The summed E-state index contributed by atoms with van der Waals surface area (Å²) in [7, 11) is 0. The first-order valence-electron chi connectivity index (χ1n) is 9.99. The molecule has 2 aliphatic heterocycles. The molecule has 2 saturated heterocycles. The zero-order chi connectivity index (χ0) is 20.2. The van der Waals surface area contributed by atoms with Crippen LogP contribution in [-0.2, 0) is 16.1 Å². The third-order valence-corrected chi connectivity index (χ3v) is 6.16. The van der Waals surface area contributed by atoms with Crippen molar-refractivity contribution in [2.75, 3.05) is 48.4 Å². The standard InChI is InChI=1S/C20H25N5O3S/c1-2-24-19(23-9-11-28-12-10-23)21-22-20(24)29-14-17(26)15-5-3-6-16(13-15)25-8-4-7-18(25)27/h3,5-6,13H,2,4,7-12,14H2,1H3. The monoisotopic (exact) mass is 415 g/mol. The molecule has 2 fully saturated rings. The number of hydrogen-bond donors (Lipinski definition) is 0. The van der Waals surface area contributed by atoms with Gasteiger partial charge in [-0.2, -0.15) is 0 Å². The molecule has 2 aliphatic rings. The van der Waals surface area contributed by atoms with E-state index in [1.165, 1.54) is 11.8 Å². The lowest BCUT2D eigenvalue weighted by Gasteiger charge is -2.27. The Kier molecular flexibility index (Phi) is 6.15. The van der Waals surface area contributed by atoms with Gasteiger partial charge in [0.15, 0.2) is 10.9 Å². The molecule has 4 rings (SSSR count). The highest BCUT2D eigenvalue weighted by Gasteiger charge is 2.23. The normalized spacial score (nSPS) is 17.2. The maximum absolute atomic E-state index is 12.8. The lowest BCUT2D eigenvalue weighted by molar-refractivity contribution is -0.117. The van der Waals surface area contributed by atoms with Gasteiger partial charge in [0.05, 0.1) is 19.0 Å². The maximum atomic E-state index is 12.8. The quantitative estimate of drug-likeness (QED) is 0.507. The molecule has 0 radical (unpaired) electrons. The molecule has 0 N–H and O–H groups in total. The number of rotatable bonds is 7. The number of Topliss-reactive ketones (excluding diaryl/α,β-unsaturated/α-hetero) is 1. The fourth-order valence-corrected chi connectivity index (χ4v) is 4.54. The second kappa shape index (κ2) is 8.96. The molecule has 1 amide bonds. The SMILES string of the molecule is CCn1c(SCC(=O)c2cccc(N3CCCC3=O)c2)nnc1N1CCOCC1. The Morgan fingerprint density at radius 1 is 1.21 bits per heavy atom. The smallest absolute Gasteiger partial charge is 0.228 e. The molecule has 3 heterocycles. The minimum Gasteiger partial charge on any atom is -0.378 e. The van der Waals surface area contributed by atoms with E-state index in [9.17, 15) is 9.59 Å². The lowest BCUT2D eigenvalue weighted by Crippen LogP contribution is -2.38. The summed E-state index contributed by atoms with van der Waals surface area (Å²) in [5, 5.41) is 9.39. The molecular formula is C20H25N5O3S. The Bertz CT molecular complexity index is 894. The minimum absolute atomic E-state index is 0.0158. The van der Waals surface area contributed by atoms with Gasteiger partial charge in [-0.05, 0) is 25.5 Å². The number of ether oxygens (including phenoxy) is 1. The number of morpholine rings is 1. The number of aromatic nitrogens is 3. The predicted molar refractivity (Wildman–Crippen MR) is 112 cm³/mol. The van der Waals surface area contributed by atoms with Crippen molar-refractivity contribution in [2.45, 2.75) is 31.5 Å². The number of ketones is 1. The molecule has 0 aliphatic carbocycles. The molecule has 9 heteroatoms. The Morgan fingerprint density at radius 2 is 2.03 bits per heavy atom. The maximum Gasteiger partial charge on any atom is 0.228 e. The molecular weight excluding hydrogens is 390 g/mol. The Morgan fingerprint density at radius 3 is 2.76 bits per heavy atom. The number of amides is 1. The van der Waals surface area contributed by atoms with Crippen LogP contribution in [0.3, 0.4) is 0 Å². The summed E-state index contributed by atoms with van der Waals surface area (Å²) in [5.41, 5.74) is 1.42.